The molecule has 1 saturated carbocycles. The van der Waals surface area contributed by atoms with Crippen LogP contribution in [0.25, 0.3) is 0 Å². The van der Waals surface area contributed by atoms with Crippen molar-refractivity contribution in [3.63, 3.8) is 0 Å². The van der Waals surface area contributed by atoms with Crippen molar-refractivity contribution in [3.05, 3.63) is 35.6 Å². The van der Waals surface area contributed by atoms with E-state index in [9.17, 15) is 14.0 Å². The Morgan fingerprint density at radius 3 is 2.76 bits per heavy atom. The highest BCUT2D eigenvalue weighted by atomic mass is 19.1. The Bertz CT molecular complexity index is 532. The van der Waals surface area contributed by atoms with Crippen LogP contribution in [0.5, 0.6) is 0 Å². The van der Waals surface area contributed by atoms with Crippen molar-refractivity contribution in [1.82, 2.24) is 5.32 Å². The Labute approximate surface area is 123 Å². The maximum atomic E-state index is 13.7. The number of amides is 1. The van der Waals surface area contributed by atoms with Gasteiger partial charge in [-0.3, -0.25) is 9.59 Å². The fourth-order valence-electron chi connectivity index (χ4n) is 2.96. The molecule has 1 aliphatic carbocycles. The van der Waals surface area contributed by atoms with E-state index in [1.165, 1.54) is 6.07 Å². The smallest absolute Gasteiger partial charge is 0.308 e. The summed E-state index contributed by atoms with van der Waals surface area (Å²) >= 11 is 0. The molecule has 0 spiro atoms. The third-order valence-corrected chi connectivity index (χ3v) is 4.11. The third-order valence-electron chi connectivity index (χ3n) is 4.11. The number of carboxylic acids is 1. The molecule has 1 aromatic carbocycles. The molecule has 0 heterocycles. The summed E-state index contributed by atoms with van der Waals surface area (Å²) in [5.41, 5.74) is 0.508. The minimum Gasteiger partial charge on any atom is -0.481 e. The number of aliphatic carboxylic acids is 1. The second-order valence-electron chi connectivity index (χ2n) is 5.68. The Morgan fingerprint density at radius 1 is 1.38 bits per heavy atom. The summed E-state index contributed by atoms with van der Waals surface area (Å²) in [7, 11) is 0. The van der Waals surface area contributed by atoms with E-state index >= 15 is 0 Å². The lowest BCUT2D eigenvalue weighted by Crippen LogP contribution is -2.40. The molecule has 21 heavy (non-hydrogen) atoms. The molecule has 1 fully saturated rings. The predicted molar refractivity (Wildman–Crippen MR) is 76.3 cm³/mol. The van der Waals surface area contributed by atoms with Crippen LogP contribution in [0, 0.1) is 11.7 Å². The van der Waals surface area contributed by atoms with Crippen LogP contribution < -0.4 is 5.32 Å². The van der Waals surface area contributed by atoms with Crippen molar-refractivity contribution in [2.24, 2.45) is 5.92 Å². The number of hydrogen-bond acceptors (Lipinski definition) is 2. The highest BCUT2D eigenvalue weighted by Crippen LogP contribution is 2.27. The van der Waals surface area contributed by atoms with Gasteiger partial charge in [0.15, 0.2) is 0 Å². The van der Waals surface area contributed by atoms with Gasteiger partial charge in [0.2, 0.25) is 5.91 Å². The summed E-state index contributed by atoms with van der Waals surface area (Å²) < 4.78 is 13.7. The lowest BCUT2D eigenvalue weighted by molar-refractivity contribution is -0.142. The van der Waals surface area contributed by atoms with E-state index in [1.807, 2.05) is 0 Å². The first-order valence-electron chi connectivity index (χ1n) is 7.25. The fourth-order valence-corrected chi connectivity index (χ4v) is 2.96. The zero-order valence-electron chi connectivity index (χ0n) is 12.0. The van der Waals surface area contributed by atoms with Crippen LogP contribution in [0.1, 0.15) is 44.1 Å². The fraction of sp³-hybridized carbons (Fsp3) is 0.500. The minimum absolute atomic E-state index is 0.157. The highest BCUT2D eigenvalue weighted by Gasteiger charge is 2.34. The molecule has 3 atom stereocenters. The van der Waals surface area contributed by atoms with Crippen LogP contribution in [0.3, 0.4) is 0 Å². The predicted octanol–water partition coefficient (Wildman–Crippen LogP) is 2.69. The lowest BCUT2D eigenvalue weighted by Gasteiger charge is -2.19. The second-order valence-corrected chi connectivity index (χ2v) is 5.68. The number of hydrogen-bond donors (Lipinski definition) is 2. The van der Waals surface area contributed by atoms with Crippen molar-refractivity contribution < 1.29 is 19.1 Å². The molecule has 0 bridgehead atoms. The molecular weight excluding hydrogens is 273 g/mol. The van der Waals surface area contributed by atoms with Gasteiger partial charge in [0.1, 0.15) is 5.82 Å². The summed E-state index contributed by atoms with van der Waals surface area (Å²) in [6.45, 7) is 1.79. The molecule has 0 radical (unpaired) electrons. The lowest BCUT2D eigenvalue weighted by atomic mass is 9.96. The van der Waals surface area contributed by atoms with Crippen LogP contribution in [-0.2, 0) is 9.59 Å². The number of rotatable bonds is 5. The van der Waals surface area contributed by atoms with E-state index < -0.39 is 11.9 Å². The Morgan fingerprint density at radius 2 is 2.10 bits per heavy atom. The summed E-state index contributed by atoms with van der Waals surface area (Å²) in [5, 5.41) is 11.9. The molecule has 0 aromatic heterocycles. The van der Waals surface area contributed by atoms with Gasteiger partial charge in [-0.2, -0.15) is 0 Å². The van der Waals surface area contributed by atoms with E-state index in [2.05, 4.69) is 5.32 Å². The standard InChI is InChI=1S/C16H20FNO3/c1-10(11-5-2-3-7-13(11)17)9-15(19)18-14-8-4-6-12(14)16(20)21/h2-3,5,7,10,12,14H,4,6,8-9H2,1H3,(H,18,19)(H,20,21)/t10?,12-,14+/m0/s1. The van der Waals surface area contributed by atoms with Crippen LogP contribution in [0.15, 0.2) is 24.3 Å². The highest BCUT2D eigenvalue weighted by molar-refractivity contribution is 5.79. The summed E-state index contributed by atoms with van der Waals surface area (Å²) in [6.07, 6.45) is 2.26. The van der Waals surface area contributed by atoms with Gasteiger partial charge in [0.05, 0.1) is 5.92 Å². The van der Waals surface area contributed by atoms with Crippen molar-refractivity contribution >= 4 is 11.9 Å². The zero-order valence-corrected chi connectivity index (χ0v) is 12.0. The maximum Gasteiger partial charge on any atom is 0.308 e. The summed E-state index contributed by atoms with van der Waals surface area (Å²) in [6, 6.07) is 6.10. The molecule has 1 unspecified atom stereocenters. The molecule has 5 heteroatoms. The number of carboxylic acid groups (broad SMARTS) is 1. The van der Waals surface area contributed by atoms with E-state index in [4.69, 9.17) is 5.11 Å². The first kappa shape index (κ1) is 15.5. The average molecular weight is 293 g/mol. The maximum absolute atomic E-state index is 13.7. The van der Waals surface area contributed by atoms with E-state index in [0.717, 1.165) is 6.42 Å². The molecule has 1 aromatic rings. The van der Waals surface area contributed by atoms with Crippen LogP contribution in [0.4, 0.5) is 4.39 Å². The second kappa shape index (κ2) is 6.70. The molecule has 114 valence electrons. The van der Waals surface area contributed by atoms with E-state index in [0.29, 0.717) is 18.4 Å². The van der Waals surface area contributed by atoms with Crippen molar-refractivity contribution in [2.45, 2.75) is 44.6 Å². The number of benzene rings is 1. The van der Waals surface area contributed by atoms with Gasteiger partial charge in [0.25, 0.3) is 0 Å². The Hall–Kier alpha value is -1.91. The molecule has 2 rings (SSSR count). The number of carbonyl (C=O) groups is 2. The van der Waals surface area contributed by atoms with Gasteiger partial charge in [-0.05, 0) is 30.4 Å². The van der Waals surface area contributed by atoms with Gasteiger partial charge in [-0.25, -0.2) is 4.39 Å². The first-order chi connectivity index (χ1) is 9.99. The quantitative estimate of drug-likeness (QED) is 0.877. The number of nitrogens with one attached hydrogen (secondary N) is 1. The number of carbonyl (C=O) groups excluding carboxylic acids is 1. The molecule has 1 aliphatic rings. The average Bonchev–Trinajstić information content (AvgIpc) is 2.87. The van der Waals surface area contributed by atoms with Gasteiger partial charge in [-0.1, -0.05) is 31.5 Å². The van der Waals surface area contributed by atoms with Crippen molar-refractivity contribution in [3.8, 4) is 0 Å². The summed E-state index contributed by atoms with van der Waals surface area (Å²) in [5.74, 6) is -2.14. The van der Waals surface area contributed by atoms with Crippen molar-refractivity contribution in [2.75, 3.05) is 0 Å². The molecular formula is C16H20FNO3. The first-order valence-corrected chi connectivity index (χ1v) is 7.25. The molecule has 4 nitrogen and oxygen atoms in total. The molecule has 0 saturated heterocycles. The van der Waals surface area contributed by atoms with Crippen LogP contribution in [0.2, 0.25) is 0 Å². The molecule has 2 N–H and O–H groups in total. The largest absolute Gasteiger partial charge is 0.481 e. The van der Waals surface area contributed by atoms with Gasteiger partial charge < -0.3 is 10.4 Å². The molecule has 1 amide bonds. The topological polar surface area (TPSA) is 66.4 Å². The van der Waals surface area contributed by atoms with Gasteiger partial charge >= 0.3 is 5.97 Å². The molecule has 0 aliphatic heterocycles. The number of halogens is 1. The SMILES string of the molecule is CC(CC(=O)N[C@@H]1CCC[C@@H]1C(=O)O)c1ccccc1F. The monoisotopic (exact) mass is 293 g/mol. The Kier molecular flexibility index (Phi) is 4.94. The normalized spacial score (nSPS) is 22.8. The Balaban J connectivity index is 1.93. The van der Waals surface area contributed by atoms with E-state index in [-0.39, 0.29) is 30.1 Å². The van der Waals surface area contributed by atoms with Crippen LogP contribution >= 0.6 is 0 Å². The van der Waals surface area contributed by atoms with Gasteiger partial charge in [-0.15, -0.1) is 0 Å². The zero-order chi connectivity index (χ0) is 15.4. The minimum atomic E-state index is -0.861. The van der Waals surface area contributed by atoms with Gasteiger partial charge in [0, 0.05) is 12.5 Å². The van der Waals surface area contributed by atoms with Crippen LogP contribution in [-0.4, -0.2) is 23.0 Å². The van der Waals surface area contributed by atoms with E-state index in [1.54, 1.807) is 25.1 Å². The van der Waals surface area contributed by atoms with Crippen molar-refractivity contribution in [1.29, 1.82) is 0 Å². The third kappa shape index (κ3) is 3.80. The summed E-state index contributed by atoms with van der Waals surface area (Å²) in [4.78, 5) is 23.1.